The zero-order valence-corrected chi connectivity index (χ0v) is 20.3. The molecular formula is C24H25Cl2F3N2O3. The van der Waals surface area contributed by atoms with E-state index in [0.717, 1.165) is 12.1 Å². The van der Waals surface area contributed by atoms with E-state index in [1.807, 2.05) is 13.8 Å². The Bertz CT molecular complexity index is 1030. The first-order chi connectivity index (χ1) is 16.0. The third-order valence-corrected chi connectivity index (χ3v) is 6.09. The van der Waals surface area contributed by atoms with E-state index in [9.17, 15) is 22.8 Å². The van der Waals surface area contributed by atoms with Crippen molar-refractivity contribution in [2.75, 3.05) is 32.8 Å². The second-order valence-corrected chi connectivity index (χ2v) is 9.37. The molecule has 1 aliphatic rings. The van der Waals surface area contributed by atoms with Crippen molar-refractivity contribution >= 4 is 35.0 Å². The van der Waals surface area contributed by atoms with E-state index in [4.69, 9.17) is 27.9 Å². The second-order valence-electron chi connectivity index (χ2n) is 8.55. The summed E-state index contributed by atoms with van der Waals surface area (Å²) in [5, 5.41) is 0.631. The third kappa shape index (κ3) is 6.64. The lowest BCUT2D eigenvalue weighted by atomic mass is 10.1. The van der Waals surface area contributed by atoms with E-state index in [0.29, 0.717) is 30.3 Å². The predicted molar refractivity (Wildman–Crippen MR) is 124 cm³/mol. The number of benzene rings is 2. The number of nitrogens with zero attached hydrogens (tertiary/aromatic N) is 2. The number of carbonyl (C=O) groups excluding carboxylic acids is 2. The molecule has 0 bridgehead atoms. The number of rotatable bonds is 6. The second kappa shape index (κ2) is 11.0. The lowest BCUT2D eigenvalue weighted by Crippen LogP contribution is -2.51. The van der Waals surface area contributed by atoms with Gasteiger partial charge in [0.05, 0.1) is 28.3 Å². The van der Waals surface area contributed by atoms with Gasteiger partial charge in [-0.05, 0) is 48.4 Å². The SMILES string of the molecule is CC(C)CN(C[C@H]1CN(C(=O)c2ccc(Cl)c(Cl)c2)CCO1)C(=O)c1ccc(C(F)(F)F)cc1. The third-order valence-electron chi connectivity index (χ3n) is 5.35. The van der Waals surface area contributed by atoms with E-state index in [1.54, 1.807) is 21.9 Å². The number of hydrogen-bond donors (Lipinski definition) is 0. The van der Waals surface area contributed by atoms with Crippen molar-refractivity contribution in [2.45, 2.75) is 26.1 Å². The Labute approximate surface area is 206 Å². The van der Waals surface area contributed by atoms with Crippen LogP contribution in [0, 0.1) is 5.92 Å². The Hall–Kier alpha value is -2.29. The van der Waals surface area contributed by atoms with Gasteiger partial charge in [-0.1, -0.05) is 37.0 Å². The van der Waals surface area contributed by atoms with E-state index < -0.39 is 17.8 Å². The Balaban J connectivity index is 1.72. The molecule has 0 saturated carbocycles. The normalized spacial score (nSPS) is 16.6. The van der Waals surface area contributed by atoms with Gasteiger partial charge in [-0.15, -0.1) is 0 Å². The molecule has 2 amide bonds. The maximum atomic E-state index is 13.1. The van der Waals surface area contributed by atoms with Crippen LogP contribution in [0.25, 0.3) is 0 Å². The standard InChI is InChI=1S/C24H25Cl2F3N2O3/c1-15(2)12-31(22(32)16-3-6-18(7-4-16)24(27,28)29)14-19-13-30(9-10-34-19)23(33)17-5-8-20(25)21(26)11-17/h3-8,11,15,19H,9-10,12-14H2,1-2H3/t19-/m1/s1. The van der Waals surface area contributed by atoms with Gasteiger partial charge in [-0.25, -0.2) is 0 Å². The highest BCUT2D eigenvalue weighted by atomic mass is 35.5. The van der Waals surface area contributed by atoms with Crippen molar-refractivity contribution < 1.29 is 27.5 Å². The van der Waals surface area contributed by atoms with E-state index >= 15 is 0 Å². The van der Waals surface area contributed by atoms with Gasteiger partial charge < -0.3 is 14.5 Å². The summed E-state index contributed by atoms with van der Waals surface area (Å²) < 4.78 is 44.4. The molecule has 0 aromatic heterocycles. The Morgan fingerprint density at radius 3 is 2.32 bits per heavy atom. The molecule has 2 aromatic rings. The average Bonchev–Trinajstić information content (AvgIpc) is 2.79. The van der Waals surface area contributed by atoms with Crippen LogP contribution >= 0.6 is 23.2 Å². The first-order valence-electron chi connectivity index (χ1n) is 10.8. The van der Waals surface area contributed by atoms with Gasteiger partial charge in [0.15, 0.2) is 0 Å². The maximum absolute atomic E-state index is 13.1. The zero-order chi connectivity index (χ0) is 25.0. The zero-order valence-electron chi connectivity index (χ0n) is 18.7. The quantitative estimate of drug-likeness (QED) is 0.498. The molecule has 184 valence electrons. The molecule has 0 unspecified atom stereocenters. The number of ether oxygens (including phenoxy) is 1. The summed E-state index contributed by atoms with van der Waals surface area (Å²) in [5.74, 6) is -0.494. The molecule has 10 heteroatoms. The van der Waals surface area contributed by atoms with Crippen molar-refractivity contribution in [3.8, 4) is 0 Å². The highest BCUT2D eigenvalue weighted by Gasteiger charge is 2.32. The Morgan fingerprint density at radius 1 is 1.09 bits per heavy atom. The van der Waals surface area contributed by atoms with Crippen molar-refractivity contribution in [1.82, 2.24) is 9.80 Å². The van der Waals surface area contributed by atoms with Gasteiger partial charge in [-0.2, -0.15) is 13.2 Å². The monoisotopic (exact) mass is 516 g/mol. The predicted octanol–water partition coefficient (Wildman–Crippen LogP) is 5.65. The molecule has 1 aliphatic heterocycles. The lowest BCUT2D eigenvalue weighted by Gasteiger charge is -2.36. The fourth-order valence-corrected chi connectivity index (χ4v) is 4.04. The summed E-state index contributed by atoms with van der Waals surface area (Å²) in [7, 11) is 0. The van der Waals surface area contributed by atoms with Gasteiger partial charge >= 0.3 is 6.18 Å². The fraction of sp³-hybridized carbons (Fsp3) is 0.417. The van der Waals surface area contributed by atoms with Crippen LogP contribution in [-0.2, 0) is 10.9 Å². The van der Waals surface area contributed by atoms with Crippen LogP contribution in [-0.4, -0.2) is 60.5 Å². The maximum Gasteiger partial charge on any atom is 0.416 e. The number of halogens is 5. The lowest BCUT2D eigenvalue weighted by molar-refractivity contribution is -0.137. The van der Waals surface area contributed by atoms with E-state index in [-0.39, 0.29) is 41.4 Å². The van der Waals surface area contributed by atoms with Crippen LogP contribution in [0.4, 0.5) is 13.2 Å². The largest absolute Gasteiger partial charge is 0.416 e. The van der Waals surface area contributed by atoms with Gasteiger partial charge in [0.2, 0.25) is 0 Å². The number of carbonyl (C=O) groups is 2. The summed E-state index contributed by atoms with van der Waals surface area (Å²) in [4.78, 5) is 29.2. The minimum atomic E-state index is -4.47. The summed E-state index contributed by atoms with van der Waals surface area (Å²) in [5.41, 5.74) is -0.255. The summed E-state index contributed by atoms with van der Waals surface area (Å²) in [6.07, 6.45) is -4.92. The minimum absolute atomic E-state index is 0.121. The van der Waals surface area contributed by atoms with Crippen molar-refractivity contribution in [3.63, 3.8) is 0 Å². The van der Waals surface area contributed by atoms with Gasteiger partial charge in [0.1, 0.15) is 0 Å². The van der Waals surface area contributed by atoms with Gasteiger partial charge in [-0.3, -0.25) is 9.59 Å². The molecule has 0 spiro atoms. The van der Waals surface area contributed by atoms with Crippen LogP contribution in [0.3, 0.4) is 0 Å². The number of hydrogen-bond acceptors (Lipinski definition) is 3. The Kier molecular flexibility index (Phi) is 8.49. The van der Waals surface area contributed by atoms with Crippen LogP contribution in [0.5, 0.6) is 0 Å². The summed E-state index contributed by atoms with van der Waals surface area (Å²) >= 11 is 12.0. The number of alkyl halides is 3. The molecule has 2 aromatic carbocycles. The summed E-state index contributed by atoms with van der Waals surface area (Å²) in [6.45, 7) is 5.40. The molecule has 0 N–H and O–H groups in total. The van der Waals surface area contributed by atoms with Crippen molar-refractivity contribution in [1.29, 1.82) is 0 Å². The molecule has 1 heterocycles. The number of amides is 2. The molecule has 1 fully saturated rings. The van der Waals surface area contributed by atoms with Gasteiger partial charge in [0.25, 0.3) is 11.8 Å². The fourth-order valence-electron chi connectivity index (χ4n) is 3.74. The van der Waals surface area contributed by atoms with Crippen LogP contribution in [0.15, 0.2) is 42.5 Å². The molecule has 0 aliphatic carbocycles. The van der Waals surface area contributed by atoms with Crippen LogP contribution in [0.1, 0.15) is 40.1 Å². The van der Waals surface area contributed by atoms with Crippen LogP contribution in [0.2, 0.25) is 10.0 Å². The average molecular weight is 517 g/mol. The van der Waals surface area contributed by atoms with Crippen molar-refractivity contribution in [3.05, 3.63) is 69.2 Å². The first kappa shape index (κ1) is 26.3. The molecule has 0 radical (unpaired) electrons. The highest BCUT2D eigenvalue weighted by molar-refractivity contribution is 6.42. The molecular weight excluding hydrogens is 492 g/mol. The van der Waals surface area contributed by atoms with E-state index in [2.05, 4.69) is 0 Å². The molecule has 5 nitrogen and oxygen atoms in total. The highest BCUT2D eigenvalue weighted by Crippen LogP contribution is 2.29. The van der Waals surface area contributed by atoms with E-state index in [1.165, 1.54) is 18.2 Å². The molecule has 3 rings (SSSR count). The topological polar surface area (TPSA) is 49.9 Å². The smallest absolute Gasteiger partial charge is 0.373 e. The summed E-state index contributed by atoms with van der Waals surface area (Å²) in [6, 6.07) is 8.82. The minimum Gasteiger partial charge on any atom is -0.373 e. The number of morpholine rings is 1. The molecule has 1 atom stereocenters. The van der Waals surface area contributed by atoms with Crippen molar-refractivity contribution in [2.24, 2.45) is 5.92 Å². The molecule has 34 heavy (non-hydrogen) atoms. The Morgan fingerprint density at radius 2 is 1.74 bits per heavy atom. The van der Waals surface area contributed by atoms with Gasteiger partial charge in [0, 0.05) is 37.3 Å². The first-order valence-corrected chi connectivity index (χ1v) is 11.5. The molecule has 1 saturated heterocycles. The van der Waals surface area contributed by atoms with Crippen LogP contribution < -0.4 is 0 Å².